The van der Waals surface area contributed by atoms with Crippen molar-refractivity contribution in [1.82, 2.24) is 14.5 Å². The number of anilines is 2. The molecule has 0 aliphatic carbocycles. The zero-order valence-electron chi connectivity index (χ0n) is 16.0. The summed E-state index contributed by atoms with van der Waals surface area (Å²) in [5, 5.41) is 10.3. The molecular formula is C17H23N5O4S2. The number of para-hydroxylation sites is 2. The third-order valence-corrected chi connectivity index (χ3v) is 7.47. The molecule has 0 saturated carbocycles. The van der Waals surface area contributed by atoms with Crippen LogP contribution in [0.3, 0.4) is 0 Å². The highest BCUT2D eigenvalue weighted by molar-refractivity contribution is 7.91. The lowest BCUT2D eigenvalue weighted by molar-refractivity contribution is -0.118. The van der Waals surface area contributed by atoms with Gasteiger partial charge in [-0.2, -0.15) is 4.31 Å². The summed E-state index contributed by atoms with van der Waals surface area (Å²) < 4.78 is 32.4. The van der Waals surface area contributed by atoms with Gasteiger partial charge in [0.2, 0.25) is 15.4 Å². The number of methoxy groups -OCH3 is 1. The van der Waals surface area contributed by atoms with E-state index < -0.39 is 10.0 Å². The van der Waals surface area contributed by atoms with Gasteiger partial charge < -0.3 is 15.0 Å². The Balaban J connectivity index is 1.68. The molecule has 0 atom stereocenters. The second-order valence-corrected chi connectivity index (χ2v) is 9.67. The molecule has 1 aromatic carbocycles. The van der Waals surface area contributed by atoms with Crippen molar-refractivity contribution in [2.75, 3.05) is 43.5 Å². The van der Waals surface area contributed by atoms with E-state index in [9.17, 15) is 13.2 Å². The van der Waals surface area contributed by atoms with Gasteiger partial charge in [0.15, 0.2) is 0 Å². The highest BCUT2D eigenvalue weighted by Crippen LogP contribution is 2.30. The zero-order valence-corrected chi connectivity index (χ0v) is 17.6. The van der Waals surface area contributed by atoms with Crippen molar-refractivity contribution in [3.05, 3.63) is 24.3 Å². The van der Waals surface area contributed by atoms with Gasteiger partial charge in [-0.3, -0.25) is 4.79 Å². The van der Waals surface area contributed by atoms with Gasteiger partial charge in [-0.25, -0.2) is 8.42 Å². The fraction of sp³-hybridized carbons (Fsp3) is 0.471. The molecule has 2 aromatic rings. The summed E-state index contributed by atoms with van der Waals surface area (Å²) >= 11 is 0.865. The Morgan fingerprint density at radius 3 is 2.50 bits per heavy atom. The molecule has 1 aliphatic heterocycles. The van der Waals surface area contributed by atoms with Gasteiger partial charge in [-0.1, -0.05) is 37.3 Å². The number of nitrogens with one attached hydrogen (secondary N) is 1. The molecule has 2 heterocycles. The first-order chi connectivity index (χ1) is 13.3. The lowest BCUT2D eigenvalue weighted by Crippen LogP contribution is -2.48. The molecule has 0 radical (unpaired) electrons. The number of benzene rings is 1. The van der Waals surface area contributed by atoms with Crippen molar-refractivity contribution in [3.8, 4) is 5.75 Å². The molecule has 0 bridgehead atoms. The number of sulfonamides is 1. The van der Waals surface area contributed by atoms with E-state index in [-0.39, 0.29) is 21.3 Å². The van der Waals surface area contributed by atoms with Crippen molar-refractivity contribution in [1.29, 1.82) is 0 Å². The standard InChI is InChI=1S/C17H23N5O4S2/c1-12(2)15(23)18-16-19-20-17(27-16)28(24,25)22-10-8-21(9-11-22)13-6-4-5-7-14(13)26-3/h4-7,12H,8-11H2,1-3H3,(H,18,19,23). The minimum absolute atomic E-state index is 0.114. The Morgan fingerprint density at radius 1 is 1.18 bits per heavy atom. The quantitative estimate of drug-likeness (QED) is 0.702. The number of amides is 1. The molecule has 0 unspecified atom stereocenters. The lowest BCUT2D eigenvalue weighted by Gasteiger charge is -2.35. The molecule has 11 heteroatoms. The second kappa shape index (κ2) is 8.41. The van der Waals surface area contributed by atoms with Crippen LogP contribution in [0.15, 0.2) is 28.6 Å². The van der Waals surface area contributed by atoms with Crippen LogP contribution in [0.5, 0.6) is 5.75 Å². The van der Waals surface area contributed by atoms with Gasteiger partial charge in [0.05, 0.1) is 12.8 Å². The molecule has 1 aliphatic rings. The van der Waals surface area contributed by atoms with Crippen molar-refractivity contribution in [2.24, 2.45) is 5.92 Å². The normalized spacial score (nSPS) is 15.6. The molecule has 0 spiro atoms. The number of hydrogen-bond donors (Lipinski definition) is 1. The monoisotopic (exact) mass is 425 g/mol. The van der Waals surface area contributed by atoms with E-state index in [2.05, 4.69) is 20.4 Å². The van der Waals surface area contributed by atoms with Crippen LogP contribution in [0.4, 0.5) is 10.8 Å². The van der Waals surface area contributed by atoms with Gasteiger partial charge in [0.25, 0.3) is 10.0 Å². The average molecular weight is 426 g/mol. The Labute approximate surface area is 168 Å². The summed E-state index contributed by atoms with van der Waals surface area (Å²) in [6.07, 6.45) is 0. The predicted octanol–water partition coefficient (Wildman–Crippen LogP) is 1.65. The van der Waals surface area contributed by atoms with Crippen molar-refractivity contribution >= 4 is 38.1 Å². The highest BCUT2D eigenvalue weighted by atomic mass is 32.2. The number of carbonyl (C=O) groups is 1. The Kier molecular flexibility index (Phi) is 6.16. The summed E-state index contributed by atoms with van der Waals surface area (Å²) in [6.45, 7) is 5.22. The van der Waals surface area contributed by atoms with Crippen molar-refractivity contribution < 1.29 is 17.9 Å². The van der Waals surface area contributed by atoms with Gasteiger partial charge >= 0.3 is 0 Å². The predicted molar refractivity (Wildman–Crippen MR) is 107 cm³/mol. The van der Waals surface area contributed by atoms with Crippen LogP contribution in [-0.2, 0) is 14.8 Å². The molecule has 9 nitrogen and oxygen atoms in total. The van der Waals surface area contributed by atoms with E-state index in [1.807, 2.05) is 24.3 Å². The maximum atomic E-state index is 12.9. The van der Waals surface area contributed by atoms with Crippen LogP contribution in [0.25, 0.3) is 0 Å². The molecule has 1 amide bonds. The summed E-state index contributed by atoms with van der Waals surface area (Å²) in [5.41, 5.74) is 0.941. The van der Waals surface area contributed by atoms with Crippen LogP contribution in [0, 0.1) is 5.92 Å². The third kappa shape index (κ3) is 4.26. The molecule has 1 fully saturated rings. The third-order valence-electron chi connectivity index (χ3n) is 4.39. The largest absolute Gasteiger partial charge is 0.495 e. The Bertz CT molecular complexity index is 937. The molecule has 1 aromatic heterocycles. The highest BCUT2D eigenvalue weighted by Gasteiger charge is 2.32. The number of aromatic nitrogens is 2. The molecule has 28 heavy (non-hydrogen) atoms. The number of ether oxygens (including phenoxy) is 1. The Morgan fingerprint density at radius 2 is 1.86 bits per heavy atom. The van der Waals surface area contributed by atoms with Gasteiger partial charge in [0, 0.05) is 32.1 Å². The first-order valence-electron chi connectivity index (χ1n) is 8.85. The molecular weight excluding hydrogens is 402 g/mol. The number of rotatable bonds is 6. The van der Waals surface area contributed by atoms with E-state index in [0.717, 1.165) is 22.8 Å². The topological polar surface area (TPSA) is 105 Å². The smallest absolute Gasteiger partial charge is 0.272 e. The van der Waals surface area contributed by atoms with E-state index in [1.54, 1.807) is 21.0 Å². The summed E-state index contributed by atoms with van der Waals surface area (Å²) in [4.78, 5) is 13.8. The second-order valence-electron chi connectivity index (χ2n) is 6.58. The fourth-order valence-electron chi connectivity index (χ4n) is 2.79. The van der Waals surface area contributed by atoms with Crippen LogP contribution in [-0.4, -0.2) is 62.1 Å². The maximum Gasteiger partial charge on any atom is 0.272 e. The van der Waals surface area contributed by atoms with Crippen LogP contribution < -0.4 is 15.0 Å². The minimum Gasteiger partial charge on any atom is -0.495 e. The minimum atomic E-state index is -3.75. The molecule has 1 N–H and O–H groups in total. The molecule has 152 valence electrons. The first-order valence-corrected chi connectivity index (χ1v) is 11.1. The summed E-state index contributed by atoms with van der Waals surface area (Å²) in [5.74, 6) is 0.297. The molecule has 1 saturated heterocycles. The SMILES string of the molecule is COc1ccccc1N1CCN(S(=O)(=O)c2nnc(NC(=O)C(C)C)s2)CC1. The molecule has 3 rings (SSSR count). The summed E-state index contributed by atoms with van der Waals surface area (Å²) in [7, 11) is -2.13. The maximum absolute atomic E-state index is 12.9. The van der Waals surface area contributed by atoms with Gasteiger partial charge in [-0.05, 0) is 12.1 Å². The lowest BCUT2D eigenvalue weighted by atomic mass is 10.2. The fourth-order valence-corrected chi connectivity index (χ4v) is 5.25. The van der Waals surface area contributed by atoms with Gasteiger partial charge in [0.1, 0.15) is 5.75 Å². The Hall–Kier alpha value is -2.24. The number of nitrogens with zero attached hydrogens (tertiary/aromatic N) is 4. The van der Waals surface area contributed by atoms with Crippen molar-refractivity contribution in [2.45, 2.75) is 18.2 Å². The van der Waals surface area contributed by atoms with E-state index in [0.29, 0.717) is 26.2 Å². The van der Waals surface area contributed by atoms with E-state index in [4.69, 9.17) is 4.74 Å². The van der Waals surface area contributed by atoms with Crippen molar-refractivity contribution in [3.63, 3.8) is 0 Å². The number of piperazine rings is 1. The number of hydrogen-bond acceptors (Lipinski definition) is 8. The van der Waals surface area contributed by atoms with E-state index >= 15 is 0 Å². The van der Waals surface area contributed by atoms with Crippen LogP contribution in [0.2, 0.25) is 0 Å². The average Bonchev–Trinajstić information content (AvgIpc) is 3.17. The van der Waals surface area contributed by atoms with Crippen LogP contribution in [0.1, 0.15) is 13.8 Å². The van der Waals surface area contributed by atoms with Gasteiger partial charge in [-0.15, -0.1) is 10.2 Å². The summed E-state index contributed by atoms with van der Waals surface area (Å²) in [6, 6.07) is 7.66. The van der Waals surface area contributed by atoms with E-state index in [1.165, 1.54) is 4.31 Å². The zero-order chi connectivity index (χ0) is 20.3. The first kappa shape index (κ1) is 20.5. The van der Waals surface area contributed by atoms with Crippen LogP contribution >= 0.6 is 11.3 Å². The number of carbonyl (C=O) groups excluding carboxylic acids is 1.